The smallest absolute Gasteiger partial charge is 0.261 e. The lowest BCUT2D eigenvalue weighted by Gasteiger charge is -2.24. The molecule has 0 radical (unpaired) electrons. The number of amides is 2. The molecule has 2 amide bonds. The molecule has 0 saturated heterocycles. The van der Waals surface area contributed by atoms with Crippen molar-refractivity contribution in [1.82, 2.24) is 9.80 Å². The minimum Gasteiger partial charge on any atom is -0.306 e. The second-order valence-electron chi connectivity index (χ2n) is 12.8. The largest absolute Gasteiger partial charge is 0.306 e. The van der Waals surface area contributed by atoms with Crippen LogP contribution < -0.4 is 0 Å². The van der Waals surface area contributed by atoms with Crippen molar-refractivity contribution in [3.63, 3.8) is 0 Å². The maximum Gasteiger partial charge on any atom is 0.261 e. The van der Waals surface area contributed by atoms with Crippen molar-refractivity contribution >= 4 is 77.7 Å². The van der Waals surface area contributed by atoms with Crippen LogP contribution in [0.2, 0.25) is 0 Å². The van der Waals surface area contributed by atoms with E-state index in [2.05, 4.69) is 44.0 Å². The Morgan fingerprint density at radius 3 is 1.04 bits per heavy atom. The minimum atomic E-state index is 0.0114. The molecule has 0 unspecified atom stereocenters. The Kier molecular flexibility index (Phi) is 17.7. The zero-order chi connectivity index (χ0) is 32.4. The highest BCUT2D eigenvalue weighted by atomic mass is 79.9. The Bertz CT molecular complexity index is 1140. The molecule has 2 aliphatic rings. The third-order valence-electron chi connectivity index (χ3n) is 9.22. The predicted octanol–water partition coefficient (Wildman–Crippen LogP) is 12.2. The predicted molar refractivity (Wildman–Crippen MR) is 206 cm³/mol. The molecule has 0 bridgehead atoms. The van der Waals surface area contributed by atoms with Crippen LogP contribution in [0.3, 0.4) is 0 Å². The van der Waals surface area contributed by atoms with Gasteiger partial charge in [-0.2, -0.15) is 0 Å². The Morgan fingerprint density at radius 2 is 0.761 bits per heavy atom. The fraction of sp³-hybridized carbons (Fsp3) is 0.632. The molecule has 2 aliphatic heterocycles. The van der Waals surface area contributed by atoms with Crippen molar-refractivity contribution in [2.24, 2.45) is 0 Å². The molecule has 0 aliphatic carbocycles. The van der Waals surface area contributed by atoms with E-state index in [9.17, 15) is 9.59 Å². The molecule has 4 rings (SSSR count). The molecule has 2 aromatic heterocycles. The Morgan fingerprint density at radius 1 is 0.457 bits per heavy atom. The maximum atomic E-state index is 14.2. The molecule has 0 spiro atoms. The summed E-state index contributed by atoms with van der Waals surface area (Å²) in [7, 11) is 0. The van der Waals surface area contributed by atoms with Gasteiger partial charge in [-0.15, -0.1) is 22.7 Å². The third kappa shape index (κ3) is 10.9. The van der Waals surface area contributed by atoms with Gasteiger partial charge in [-0.25, -0.2) is 0 Å². The highest BCUT2D eigenvalue weighted by Crippen LogP contribution is 2.48. The number of hydrogen-bond acceptors (Lipinski definition) is 4. The number of alkyl halides is 2. The molecule has 0 saturated carbocycles. The van der Waals surface area contributed by atoms with Crippen LogP contribution in [0.1, 0.15) is 138 Å². The van der Waals surface area contributed by atoms with Crippen LogP contribution in [0.15, 0.2) is 46.2 Å². The highest BCUT2D eigenvalue weighted by Gasteiger charge is 2.48. The first-order chi connectivity index (χ1) is 22.7. The monoisotopic (exact) mass is 792 g/mol. The van der Waals surface area contributed by atoms with Crippen LogP contribution in [0.4, 0.5) is 0 Å². The molecule has 46 heavy (non-hydrogen) atoms. The van der Waals surface area contributed by atoms with Gasteiger partial charge >= 0.3 is 0 Å². The fourth-order valence-electron chi connectivity index (χ4n) is 6.72. The van der Waals surface area contributed by atoms with Crippen LogP contribution >= 0.6 is 54.5 Å². The van der Waals surface area contributed by atoms with E-state index in [-0.39, 0.29) is 11.8 Å². The number of carbonyl (C=O) groups excluding carboxylic acids is 2. The van der Waals surface area contributed by atoms with E-state index < -0.39 is 0 Å². The highest BCUT2D eigenvalue weighted by molar-refractivity contribution is 9.09. The van der Waals surface area contributed by atoms with Crippen molar-refractivity contribution in [2.45, 2.75) is 128 Å². The molecular formula is C38H54Br2N2O2S2. The van der Waals surface area contributed by atoms with Crippen LogP contribution in [-0.4, -0.2) is 45.4 Å². The molecule has 8 heteroatoms. The summed E-state index contributed by atoms with van der Waals surface area (Å²) >= 11 is 10.3. The third-order valence-corrected chi connectivity index (χ3v) is 12.1. The minimum absolute atomic E-state index is 0.0114. The van der Waals surface area contributed by atoms with Gasteiger partial charge in [0, 0.05) is 23.7 Å². The topological polar surface area (TPSA) is 40.6 Å². The van der Waals surface area contributed by atoms with E-state index in [0.717, 1.165) is 57.5 Å². The summed E-state index contributed by atoms with van der Waals surface area (Å²) in [5.41, 5.74) is 2.96. The van der Waals surface area contributed by atoms with Crippen molar-refractivity contribution in [3.05, 3.63) is 55.9 Å². The first kappa shape index (κ1) is 37.6. The summed E-state index contributed by atoms with van der Waals surface area (Å²) in [6, 6.07) is 8.18. The van der Waals surface area contributed by atoms with E-state index in [1.807, 2.05) is 32.7 Å². The number of hydrogen-bond donors (Lipinski definition) is 0. The second-order valence-corrected chi connectivity index (χ2v) is 16.2. The number of thiophene rings is 2. The lowest BCUT2D eigenvalue weighted by atomic mass is 10.1. The molecule has 0 aromatic carbocycles. The zero-order valence-corrected chi connectivity index (χ0v) is 32.5. The van der Waals surface area contributed by atoms with Crippen LogP contribution in [0.25, 0.3) is 11.4 Å². The van der Waals surface area contributed by atoms with Gasteiger partial charge in [0.2, 0.25) is 0 Å². The zero-order valence-electron chi connectivity index (χ0n) is 27.7. The second kappa shape index (κ2) is 21.7. The number of rotatable bonds is 26. The molecule has 2 aromatic rings. The number of fused-ring (bicyclic) bond motifs is 1. The summed E-state index contributed by atoms with van der Waals surface area (Å²) in [6.45, 7) is 1.35. The van der Waals surface area contributed by atoms with Crippen LogP contribution in [0.5, 0.6) is 0 Å². The summed E-state index contributed by atoms with van der Waals surface area (Å²) in [4.78, 5) is 34.3. The van der Waals surface area contributed by atoms with Gasteiger partial charge < -0.3 is 9.80 Å². The lowest BCUT2D eigenvalue weighted by Crippen LogP contribution is -2.30. The van der Waals surface area contributed by atoms with Crippen LogP contribution in [0, 0.1) is 0 Å². The van der Waals surface area contributed by atoms with Crippen molar-refractivity contribution in [2.75, 3.05) is 23.7 Å². The molecule has 0 N–H and O–H groups in total. The average molecular weight is 795 g/mol. The number of carbonyl (C=O) groups is 2. The molecular weight excluding hydrogens is 740 g/mol. The molecule has 254 valence electrons. The first-order valence-electron chi connectivity index (χ1n) is 18.0. The van der Waals surface area contributed by atoms with Gasteiger partial charge in [-0.05, 0) is 48.6 Å². The Hall–Kier alpha value is -1.22. The molecule has 0 atom stereocenters. The molecule has 0 fully saturated rings. The first-order valence-corrected chi connectivity index (χ1v) is 22.0. The van der Waals surface area contributed by atoms with E-state index >= 15 is 0 Å². The average Bonchev–Trinajstić information content (AvgIpc) is 3.87. The lowest BCUT2D eigenvalue weighted by molar-refractivity contribution is -0.124. The number of nitrogens with zero attached hydrogens (tertiary/aromatic N) is 2. The van der Waals surface area contributed by atoms with Gasteiger partial charge in [0.15, 0.2) is 0 Å². The van der Waals surface area contributed by atoms with E-state index in [1.165, 1.54) is 103 Å². The normalized spacial score (nSPS) is 14.9. The number of halogens is 2. The van der Waals surface area contributed by atoms with Crippen molar-refractivity contribution < 1.29 is 9.59 Å². The SMILES string of the molecule is O=C1C2=C(c3cccs3)N(CCCCCCCCCCCCBr)C(=O)C2=C(c2cccs2)N1CCCCCCCCCCCCBr. The van der Waals surface area contributed by atoms with E-state index in [4.69, 9.17) is 0 Å². The van der Waals surface area contributed by atoms with Crippen molar-refractivity contribution in [3.8, 4) is 0 Å². The van der Waals surface area contributed by atoms with E-state index in [1.54, 1.807) is 22.7 Å². The van der Waals surface area contributed by atoms with Gasteiger partial charge in [0.25, 0.3) is 11.8 Å². The van der Waals surface area contributed by atoms with Gasteiger partial charge in [-0.1, -0.05) is 147 Å². The standard InChI is InChI=1S/C38H54Br2N2O2S2/c39-25-17-13-9-5-1-3-7-11-15-19-27-41-35(31-23-21-29-45-31)33-34(37(41)43)36(32-24-22-30-46-32)42(38(33)44)28-20-16-12-8-4-2-6-10-14-18-26-40/h21-24,29-30H,1-20,25-28H2. The molecule has 4 nitrogen and oxygen atoms in total. The summed E-state index contributed by atoms with van der Waals surface area (Å²) < 4.78 is 0. The van der Waals surface area contributed by atoms with Gasteiger partial charge in [0.1, 0.15) is 0 Å². The number of unbranched alkanes of at least 4 members (excludes halogenated alkanes) is 18. The molecule has 4 heterocycles. The van der Waals surface area contributed by atoms with Crippen LogP contribution in [-0.2, 0) is 9.59 Å². The fourth-order valence-corrected chi connectivity index (χ4v) is 9.08. The Balaban J connectivity index is 1.34. The summed E-state index contributed by atoms with van der Waals surface area (Å²) in [5.74, 6) is 0.0227. The maximum absolute atomic E-state index is 14.2. The Labute approximate surface area is 303 Å². The van der Waals surface area contributed by atoms with Gasteiger partial charge in [-0.3, -0.25) is 9.59 Å². The van der Waals surface area contributed by atoms with Gasteiger partial charge in [0.05, 0.1) is 32.3 Å². The summed E-state index contributed by atoms with van der Waals surface area (Å²) in [5, 5.41) is 6.34. The van der Waals surface area contributed by atoms with Crippen molar-refractivity contribution in [1.29, 1.82) is 0 Å². The van der Waals surface area contributed by atoms with E-state index in [0.29, 0.717) is 24.2 Å². The quantitative estimate of drug-likeness (QED) is 0.0703. The summed E-state index contributed by atoms with van der Waals surface area (Å²) in [6.07, 6.45) is 25.0.